The SMILES string of the molecule is Cc1ccc(CC(CBr)CCOCC(F)(F)F)cc1. The van der Waals surface area contributed by atoms with Gasteiger partial charge >= 0.3 is 6.18 Å². The molecule has 19 heavy (non-hydrogen) atoms. The molecule has 5 heteroatoms. The van der Waals surface area contributed by atoms with Crippen LogP contribution in [0.4, 0.5) is 13.2 Å². The molecule has 0 aliphatic carbocycles. The van der Waals surface area contributed by atoms with Gasteiger partial charge in [-0.15, -0.1) is 0 Å². The van der Waals surface area contributed by atoms with Crippen molar-refractivity contribution in [3.63, 3.8) is 0 Å². The number of hydrogen-bond acceptors (Lipinski definition) is 1. The van der Waals surface area contributed by atoms with E-state index < -0.39 is 12.8 Å². The van der Waals surface area contributed by atoms with Gasteiger partial charge in [0, 0.05) is 11.9 Å². The second-order valence-electron chi connectivity index (χ2n) is 4.67. The van der Waals surface area contributed by atoms with Gasteiger partial charge in [0.15, 0.2) is 0 Å². The van der Waals surface area contributed by atoms with E-state index in [1.165, 1.54) is 11.1 Å². The van der Waals surface area contributed by atoms with E-state index in [-0.39, 0.29) is 12.5 Å². The average Bonchev–Trinajstić information content (AvgIpc) is 2.34. The Morgan fingerprint density at radius 2 is 1.84 bits per heavy atom. The minimum absolute atomic E-state index is 0.141. The van der Waals surface area contributed by atoms with Crippen LogP contribution in [0.2, 0.25) is 0 Å². The fourth-order valence-corrected chi connectivity index (χ4v) is 2.28. The van der Waals surface area contributed by atoms with Crippen molar-refractivity contribution in [2.45, 2.75) is 25.9 Å². The summed E-state index contributed by atoms with van der Waals surface area (Å²) >= 11 is 3.40. The summed E-state index contributed by atoms with van der Waals surface area (Å²) in [6, 6.07) is 8.20. The van der Waals surface area contributed by atoms with Gasteiger partial charge < -0.3 is 4.74 Å². The van der Waals surface area contributed by atoms with E-state index in [2.05, 4.69) is 32.8 Å². The van der Waals surface area contributed by atoms with E-state index in [9.17, 15) is 13.2 Å². The third-order valence-corrected chi connectivity index (χ3v) is 3.72. The number of halogens is 4. The third-order valence-electron chi connectivity index (χ3n) is 2.80. The molecule has 0 aromatic heterocycles. The standard InChI is InChI=1S/C14H18BrF3O/c1-11-2-4-12(5-3-11)8-13(9-15)6-7-19-10-14(16,17)18/h2-5,13H,6-10H2,1H3. The topological polar surface area (TPSA) is 9.23 Å². The predicted octanol–water partition coefficient (Wildman–Crippen LogP) is 4.52. The fourth-order valence-electron chi connectivity index (χ4n) is 1.73. The lowest BCUT2D eigenvalue weighted by Gasteiger charge is -2.15. The predicted molar refractivity (Wildman–Crippen MR) is 73.7 cm³/mol. The monoisotopic (exact) mass is 338 g/mol. The Bertz CT molecular complexity index is 362. The van der Waals surface area contributed by atoms with Crippen LogP contribution < -0.4 is 0 Å². The lowest BCUT2D eigenvalue weighted by Crippen LogP contribution is -2.19. The van der Waals surface area contributed by atoms with Gasteiger partial charge in [-0.25, -0.2) is 0 Å². The fraction of sp³-hybridized carbons (Fsp3) is 0.571. The Balaban J connectivity index is 2.31. The third kappa shape index (κ3) is 7.57. The average molecular weight is 339 g/mol. The zero-order valence-electron chi connectivity index (χ0n) is 10.8. The van der Waals surface area contributed by atoms with Crippen molar-refractivity contribution in [1.29, 1.82) is 0 Å². The van der Waals surface area contributed by atoms with Crippen molar-refractivity contribution < 1.29 is 17.9 Å². The molecule has 108 valence electrons. The van der Waals surface area contributed by atoms with E-state index in [1.807, 2.05) is 19.1 Å². The Morgan fingerprint density at radius 1 is 1.21 bits per heavy atom. The van der Waals surface area contributed by atoms with Crippen LogP contribution in [-0.2, 0) is 11.2 Å². The van der Waals surface area contributed by atoms with Crippen LogP contribution in [0.25, 0.3) is 0 Å². The van der Waals surface area contributed by atoms with Crippen molar-refractivity contribution in [3.05, 3.63) is 35.4 Å². The molecule has 0 N–H and O–H groups in total. The van der Waals surface area contributed by atoms with Crippen LogP contribution >= 0.6 is 15.9 Å². The van der Waals surface area contributed by atoms with E-state index in [0.29, 0.717) is 6.42 Å². The molecule has 0 saturated carbocycles. The number of ether oxygens (including phenoxy) is 1. The van der Waals surface area contributed by atoms with E-state index in [1.54, 1.807) is 0 Å². The highest BCUT2D eigenvalue weighted by Crippen LogP contribution is 2.18. The van der Waals surface area contributed by atoms with Crippen LogP contribution in [0.5, 0.6) is 0 Å². The molecule has 1 aromatic rings. The molecule has 0 bridgehead atoms. The number of benzene rings is 1. The van der Waals surface area contributed by atoms with E-state index in [0.717, 1.165) is 11.8 Å². The van der Waals surface area contributed by atoms with Gasteiger partial charge in [-0.2, -0.15) is 13.2 Å². The van der Waals surface area contributed by atoms with Crippen LogP contribution in [0, 0.1) is 12.8 Å². The molecule has 0 aliphatic rings. The van der Waals surface area contributed by atoms with Gasteiger partial charge in [-0.1, -0.05) is 45.8 Å². The van der Waals surface area contributed by atoms with Crippen molar-refractivity contribution >= 4 is 15.9 Å². The molecule has 0 radical (unpaired) electrons. The van der Waals surface area contributed by atoms with Crippen LogP contribution in [0.15, 0.2) is 24.3 Å². The van der Waals surface area contributed by atoms with Crippen LogP contribution in [0.3, 0.4) is 0 Å². The summed E-state index contributed by atoms with van der Waals surface area (Å²) in [6.45, 7) is 1.00. The number of hydrogen-bond donors (Lipinski definition) is 0. The van der Waals surface area contributed by atoms with Gasteiger partial charge in [-0.3, -0.25) is 0 Å². The summed E-state index contributed by atoms with van der Waals surface area (Å²) < 4.78 is 40.4. The molecular weight excluding hydrogens is 321 g/mol. The summed E-state index contributed by atoms with van der Waals surface area (Å²) in [4.78, 5) is 0. The lowest BCUT2D eigenvalue weighted by molar-refractivity contribution is -0.174. The minimum atomic E-state index is -4.24. The molecule has 0 fully saturated rings. The first-order valence-electron chi connectivity index (χ1n) is 6.16. The molecule has 0 aliphatic heterocycles. The Kier molecular flexibility index (Phi) is 6.86. The molecular formula is C14H18BrF3O. The highest BCUT2D eigenvalue weighted by Gasteiger charge is 2.27. The molecule has 0 amide bonds. The summed E-state index contributed by atoms with van der Waals surface area (Å²) in [5, 5.41) is 0.760. The first kappa shape index (κ1) is 16.5. The molecule has 0 spiro atoms. The van der Waals surface area contributed by atoms with Crippen LogP contribution in [0.1, 0.15) is 17.5 Å². The zero-order chi connectivity index (χ0) is 14.3. The second kappa shape index (κ2) is 7.90. The Hall–Kier alpha value is -0.550. The summed E-state index contributed by atoms with van der Waals surface area (Å²) in [5.74, 6) is 0.288. The normalized spacial score (nSPS) is 13.5. The Labute approximate surface area is 120 Å². The molecule has 0 heterocycles. The van der Waals surface area contributed by atoms with Crippen LogP contribution in [-0.4, -0.2) is 24.7 Å². The van der Waals surface area contributed by atoms with Gasteiger partial charge in [-0.05, 0) is 31.2 Å². The molecule has 1 nitrogen and oxygen atoms in total. The maximum absolute atomic E-state index is 11.9. The largest absolute Gasteiger partial charge is 0.411 e. The van der Waals surface area contributed by atoms with Crippen molar-refractivity contribution in [2.75, 3.05) is 18.5 Å². The number of alkyl halides is 4. The zero-order valence-corrected chi connectivity index (χ0v) is 12.4. The van der Waals surface area contributed by atoms with Gasteiger partial charge in [0.05, 0.1) is 0 Å². The minimum Gasteiger partial charge on any atom is -0.372 e. The summed E-state index contributed by atoms with van der Waals surface area (Å²) in [5.41, 5.74) is 2.40. The maximum atomic E-state index is 11.9. The Morgan fingerprint density at radius 3 is 2.37 bits per heavy atom. The maximum Gasteiger partial charge on any atom is 0.411 e. The van der Waals surface area contributed by atoms with Gasteiger partial charge in [0.25, 0.3) is 0 Å². The van der Waals surface area contributed by atoms with Crippen molar-refractivity contribution in [1.82, 2.24) is 0 Å². The van der Waals surface area contributed by atoms with Gasteiger partial charge in [0.1, 0.15) is 6.61 Å². The lowest BCUT2D eigenvalue weighted by atomic mass is 9.98. The number of rotatable bonds is 7. The smallest absolute Gasteiger partial charge is 0.372 e. The second-order valence-corrected chi connectivity index (χ2v) is 5.31. The van der Waals surface area contributed by atoms with E-state index in [4.69, 9.17) is 0 Å². The quantitative estimate of drug-likeness (QED) is 0.524. The molecule has 1 rings (SSSR count). The first-order valence-corrected chi connectivity index (χ1v) is 7.29. The van der Waals surface area contributed by atoms with Crippen molar-refractivity contribution in [2.24, 2.45) is 5.92 Å². The highest BCUT2D eigenvalue weighted by molar-refractivity contribution is 9.09. The summed E-state index contributed by atoms with van der Waals surface area (Å²) in [7, 11) is 0. The van der Waals surface area contributed by atoms with Gasteiger partial charge in [0.2, 0.25) is 0 Å². The number of aryl methyl sites for hydroxylation is 1. The molecule has 1 atom stereocenters. The first-order chi connectivity index (χ1) is 8.90. The molecule has 0 saturated heterocycles. The molecule has 1 unspecified atom stereocenters. The molecule has 1 aromatic carbocycles. The summed E-state index contributed by atoms with van der Waals surface area (Å²) in [6.07, 6.45) is -2.77. The highest BCUT2D eigenvalue weighted by atomic mass is 79.9. The van der Waals surface area contributed by atoms with Crippen molar-refractivity contribution in [3.8, 4) is 0 Å². The van der Waals surface area contributed by atoms with E-state index >= 15 is 0 Å².